The molecule has 0 spiro atoms. The normalized spacial score (nSPS) is 21.5. The van der Waals surface area contributed by atoms with Crippen LogP contribution in [0.5, 0.6) is 5.75 Å². The summed E-state index contributed by atoms with van der Waals surface area (Å²) in [7, 11) is 3.31. The Balaban J connectivity index is 1.29. The molecule has 5 heterocycles. The van der Waals surface area contributed by atoms with E-state index in [-0.39, 0.29) is 36.5 Å². The van der Waals surface area contributed by atoms with Gasteiger partial charge in [0, 0.05) is 81.0 Å². The van der Waals surface area contributed by atoms with Crippen LogP contribution < -0.4 is 10.7 Å². The van der Waals surface area contributed by atoms with Gasteiger partial charge in [-0.2, -0.15) is 0 Å². The number of aryl methyl sites for hydroxylation is 1. The van der Waals surface area contributed by atoms with Gasteiger partial charge in [-0.15, -0.1) is 0 Å². The number of hydrogen-bond donors (Lipinski definition) is 4. The minimum Gasteiger partial charge on any atom is -0.508 e. The number of phenols is 1. The van der Waals surface area contributed by atoms with Gasteiger partial charge in [0.2, 0.25) is 11.8 Å². The summed E-state index contributed by atoms with van der Waals surface area (Å²) in [4.78, 5) is 65.2. The van der Waals surface area contributed by atoms with Crippen molar-refractivity contribution < 1.29 is 38.9 Å². The molecule has 0 saturated carbocycles. The number of aliphatic hydroxyl groups excluding tert-OH is 1. The molecule has 15 nitrogen and oxygen atoms in total. The van der Waals surface area contributed by atoms with Gasteiger partial charge in [-0.05, 0) is 110 Å². The number of likely N-dealkylation sites (tertiary alicyclic amines) is 1. The van der Waals surface area contributed by atoms with E-state index in [2.05, 4.69) is 58.1 Å². The number of hydrogen-bond acceptors (Lipinski definition) is 11. The van der Waals surface area contributed by atoms with E-state index in [9.17, 15) is 29.4 Å². The molecule has 2 aromatic carbocycles. The fraction of sp³-hybridized carbons (Fsp3) is 0.540. The molecule has 3 amide bonds. The minimum atomic E-state index is -1.13. The van der Waals surface area contributed by atoms with Gasteiger partial charge in [-0.3, -0.25) is 34.1 Å². The molecule has 0 radical (unpaired) electrons. The number of nitrogens with one attached hydrogen (secondary N) is 2. The maximum Gasteiger partial charge on any atom is 0.324 e. The van der Waals surface area contributed by atoms with Crippen LogP contribution in [0, 0.1) is 17.3 Å². The van der Waals surface area contributed by atoms with Crippen molar-refractivity contribution in [2.75, 3.05) is 46.9 Å². The monoisotopic (exact) mass is 894 g/mol. The Kier molecular flexibility index (Phi) is 14.7. The first-order valence-corrected chi connectivity index (χ1v) is 23.1. The number of benzene rings is 2. The number of aliphatic hydroxyl groups is 1. The van der Waals surface area contributed by atoms with Gasteiger partial charge in [-0.25, -0.2) is 5.43 Å². The third kappa shape index (κ3) is 10.5. The number of amides is 3. The fourth-order valence-corrected chi connectivity index (χ4v) is 10.1. The summed E-state index contributed by atoms with van der Waals surface area (Å²) in [5, 5.41) is 26.7. The van der Waals surface area contributed by atoms with E-state index < -0.39 is 47.4 Å². The second-order valence-corrected chi connectivity index (χ2v) is 19.4. The number of pyridine rings is 1. The lowest BCUT2D eigenvalue weighted by Gasteiger charge is -2.37. The summed E-state index contributed by atoms with van der Waals surface area (Å²) in [6.07, 6.45) is 5.29. The molecule has 6 bridgehead atoms. The van der Waals surface area contributed by atoms with Crippen molar-refractivity contribution in [2.45, 2.75) is 111 Å². The molecular weight excluding hydrogens is 827 g/mol. The Morgan fingerprint density at radius 2 is 1.86 bits per heavy atom. The molecule has 5 atom stereocenters. The van der Waals surface area contributed by atoms with Gasteiger partial charge in [0.1, 0.15) is 23.9 Å². The number of cyclic esters (lactones) is 1. The number of fused-ring (bicyclic) bond motifs is 6. The van der Waals surface area contributed by atoms with Gasteiger partial charge in [-0.1, -0.05) is 39.8 Å². The van der Waals surface area contributed by atoms with Crippen LogP contribution in [0.4, 0.5) is 0 Å². The van der Waals surface area contributed by atoms with Crippen LogP contribution in [-0.4, -0.2) is 129 Å². The molecule has 7 rings (SSSR count). The Morgan fingerprint density at radius 3 is 2.58 bits per heavy atom. The van der Waals surface area contributed by atoms with Crippen LogP contribution in [0.15, 0.2) is 54.9 Å². The van der Waals surface area contributed by atoms with Crippen LogP contribution in [0.3, 0.4) is 0 Å². The molecule has 3 aliphatic rings. The maximum atomic E-state index is 14.7. The molecule has 0 aliphatic carbocycles. The first kappa shape index (κ1) is 47.6. The van der Waals surface area contributed by atoms with Crippen molar-refractivity contribution >= 4 is 34.6 Å². The molecule has 1 unspecified atom stereocenters. The van der Waals surface area contributed by atoms with Crippen molar-refractivity contribution in [3.8, 4) is 28.1 Å². The number of aromatic nitrogens is 2. The highest BCUT2D eigenvalue weighted by molar-refractivity contribution is 5.96. The topological polar surface area (TPSA) is 179 Å². The summed E-state index contributed by atoms with van der Waals surface area (Å²) < 4.78 is 14.0. The first-order chi connectivity index (χ1) is 31.0. The third-order valence-electron chi connectivity index (χ3n) is 13.1. The highest BCUT2D eigenvalue weighted by Crippen LogP contribution is 2.41. The van der Waals surface area contributed by atoms with Crippen molar-refractivity contribution in [3.63, 3.8) is 0 Å². The van der Waals surface area contributed by atoms with E-state index in [0.29, 0.717) is 70.6 Å². The zero-order valence-electron chi connectivity index (χ0n) is 39.2. The van der Waals surface area contributed by atoms with E-state index in [1.165, 1.54) is 9.91 Å². The zero-order valence-corrected chi connectivity index (χ0v) is 39.2. The van der Waals surface area contributed by atoms with Crippen LogP contribution in [0.1, 0.15) is 77.5 Å². The molecule has 15 heteroatoms. The lowest BCUT2D eigenvalue weighted by atomic mass is 9.84. The Labute approximate surface area is 382 Å². The predicted molar refractivity (Wildman–Crippen MR) is 248 cm³/mol. The van der Waals surface area contributed by atoms with Crippen LogP contribution in [0.25, 0.3) is 33.3 Å². The number of rotatable bonds is 11. The smallest absolute Gasteiger partial charge is 0.324 e. The second-order valence-electron chi connectivity index (χ2n) is 19.4. The number of aromatic hydroxyl groups is 1. The second kappa shape index (κ2) is 20.0. The third-order valence-corrected chi connectivity index (χ3v) is 13.1. The van der Waals surface area contributed by atoms with Crippen molar-refractivity contribution in [1.82, 2.24) is 35.1 Å². The summed E-state index contributed by atoms with van der Waals surface area (Å²) >= 11 is 0. The van der Waals surface area contributed by atoms with Crippen LogP contribution in [-0.2, 0) is 54.6 Å². The number of esters is 1. The minimum absolute atomic E-state index is 0.00256. The highest BCUT2D eigenvalue weighted by Gasteiger charge is 2.40. The number of ether oxygens (including phenoxy) is 2. The molecule has 4 N–H and O–H groups in total. The molecule has 2 aromatic heterocycles. The van der Waals surface area contributed by atoms with Crippen LogP contribution >= 0.6 is 0 Å². The van der Waals surface area contributed by atoms with Crippen molar-refractivity contribution in [1.29, 1.82) is 0 Å². The first-order valence-electron chi connectivity index (χ1n) is 23.1. The van der Waals surface area contributed by atoms with Crippen molar-refractivity contribution in [3.05, 3.63) is 71.5 Å². The largest absolute Gasteiger partial charge is 0.508 e. The molecule has 350 valence electrons. The molecule has 3 aliphatic heterocycles. The van der Waals surface area contributed by atoms with E-state index in [1.54, 1.807) is 39.4 Å². The molecule has 2 saturated heterocycles. The number of phenolic OH excluding ortho intramolecular Hbond substituents is 1. The van der Waals surface area contributed by atoms with Gasteiger partial charge >= 0.3 is 5.97 Å². The van der Waals surface area contributed by atoms with Crippen LogP contribution in [0.2, 0.25) is 0 Å². The summed E-state index contributed by atoms with van der Waals surface area (Å²) in [5.74, 6) is -2.20. The number of carbonyl (C=O) groups excluding carboxylic acids is 4. The quantitative estimate of drug-likeness (QED) is 0.148. The molecule has 2 fully saturated rings. The zero-order chi connectivity index (χ0) is 46.7. The highest BCUT2D eigenvalue weighted by atomic mass is 16.5. The van der Waals surface area contributed by atoms with E-state index in [0.717, 1.165) is 44.4 Å². The average molecular weight is 894 g/mol. The number of methoxy groups -OCH3 is 1. The Bertz CT molecular complexity index is 2390. The number of β-amino-alcohol motifs (C(OH)–C–C–N with tert-alkyl or cyclic N) is 1. The molecule has 4 aromatic rings. The number of nitrogens with zero attached hydrogens (tertiary/aromatic N) is 5. The lowest BCUT2D eigenvalue weighted by molar-refractivity contribution is -0.155. The van der Waals surface area contributed by atoms with Crippen molar-refractivity contribution in [2.24, 2.45) is 17.3 Å². The number of likely N-dealkylation sites (N-methyl/N-ethyl adjacent to an activating group) is 1. The van der Waals surface area contributed by atoms with E-state index >= 15 is 0 Å². The average Bonchev–Trinajstić information content (AvgIpc) is 3.85. The lowest BCUT2D eigenvalue weighted by Crippen LogP contribution is -2.62. The predicted octanol–water partition coefficient (Wildman–Crippen LogP) is 5.08. The van der Waals surface area contributed by atoms with Gasteiger partial charge in [0.25, 0.3) is 5.91 Å². The summed E-state index contributed by atoms with van der Waals surface area (Å²) in [6, 6.07) is 10.6. The van der Waals surface area contributed by atoms with E-state index in [1.807, 2.05) is 38.2 Å². The standard InChI is InChI=1S/C50H67N7O8/c1-9-56-43-13-12-33-23-38(43)39(45(56)40-25-51-16-14-35(40)28-64-8)24-50(5,6)29-65-49(63)41-11-10-17-57(53-41)48(62)42(21-32-19-36(33)22-37(59)20-32)52-46(60)44(30(2)3)54(7)47(61)34-15-18-55(27-34)26-31(4)58/h12-14,16,19-20,22-23,25,30-31,34,41-42,44,53,58-59H,9-11,15,17-18,21,24,26-29H2,1-8H3,(H,52,60)/t31-,34-,41+,42+,44?/m1/s1. The summed E-state index contributed by atoms with van der Waals surface area (Å²) in [6.45, 7) is 14.8. The summed E-state index contributed by atoms with van der Waals surface area (Å²) in [5.41, 5.74) is 9.83. The SMILES string of the molecule is CCn1c(-c2cnccc2COC)c2c3cc(ccc31)-c1cc(O)cc(c1)C[C@H](NC(=O)C(C(C)C)N(C)C(=O)[C@@H]1CCN(C[C@@H](C)O)C1)C(=O)N1CCC[C@H](N1)C(=O)OCC(C)(C)C2. The fourth-order valence-electron chi connectivity index (χ4n) is 10.1. The van der Waals surface area contributed by atoms with Gasteiger partial charge in [0.05, 0.1) is 30.9 Å². The Hall–Kier alpha value is -5.35. The number of carbonyl (C=O) groups is 4. The number of hydrazine groups is 1. The molecule has 65 heavy (non-hydrogen) atoms. The van der Waals surface area contributed by atoms with E-state index in [4.69, 9.17) is 9.47 Å². The van der Waals surface area contributed by atoms with Gasteiger partial charge in [0.15, 0.2) is 0 Å². The Morgan fingerprint density at radius 1 is 1.08 bits per heavy atom. The van der Waals surface area contributed by atoms with Gasteiger partial charge < -0.3 is 34.5 Å². The molecular formula is C50H67N7O8. The maximum absolute atomic E-state index is 14.7.